The number of hydrogen-bond donors (Lipinski definition) is 1. The second kappa shape index (κ2) is 8.06. The Morgan fingerprint density at radius 2 is 1.56 bits per heavy atom. The number of carbonyl (C=O) groups is 1. The summed E-state index contributed by atoms with van der Waals surface area (Å²) in [5, 5.41) is 3.08. The highest BCUT2D eigenvalue weighted by atomic mass is 16.5. The fraction of sp³-hybridized carbons (Fsp3) is 0.381. The minimum Gasteiger partial charge on any atom is -0.497 e. The van der Waals surface area contributed by atoms with Crippen molar-refractivity contribution in [1.29, 1.82) is 0 Å². The van der Waals surface area contributed by atoms with Crippen LogP contribution in [0, 0.1) is 5.92 Å². The lowest BCUT2D eigenvalue weighted by Gasteiger charge is -2.27. The maximum absolute atomic E-state index is 12.6. The number of methoxy groups -OCH3 is 1. The zero-order chi connectivity index (χ0) is 18.4. The van der Waals surface area contributed by atoms with E-state index in [-0.39, 0.29) is 5.91 Å². The average Bonchev–Trinajstić information content (AvgIpc) is 2.60. The van der Waals surface area contributed by atoms with Gasteiger partial charge in [-0.05, 0) is 61.7 Å². The Labute approximate surface area is 150 Å². The zero-order valence-electron chi connectivity index (χ0n) is 15.6. The van der Waals surface area contributed by atoms with Crippen LogP contribution >= 0.6 is 0 Å². The highest BCUT2D eigenvalue weighted by Crippen LogP contribution is 2.23. The smallest absolute Gasteiger partial charge is 0.251 e. The summed E-state index contributed by atoms with van der Waals surface area (Å²) in [5.41, 5.74) is 1.13. The van der Waals surface area contributed by atoms with Crippen molar-refractivity contribution in [3.05, 3.63) is 59.7 Å². The molecule has 0 bridgehead atoms. The predicted octanol–water partition coefficient (Wildman–Crippen LogP) is 4.40. The van der Waals surface area contributed by atoms with Crippen LogP contribution in [0.25, 0.3) is 0 Å². The van der Waals surface area contributed by atoms with Crippen molar-refractivity contribution in [3.63, 3.8) is 0 Å². The highest BCUT2D eigenvalue weighted by Gasteiger charge is 2.23. The Bertz CT molecular complexity index is 688. The summed E-state index contributed by atoms with van der Waals surface area (Å²) < 4.78 is 10.8. The van der Waals surface area contributed by atoms with Crippen molar-refractivity contribution < 1.29 is 14.3 Å². The van der Waals surface area contributed by atoms with E-state index in [1.54, 1.807) is 19.2 Å². The van der Waals surface area contributed by atoms with E-state index >= 15 is 0 Å². The van der Waals surface area contributed by atoms with Crippen molar-refractivity contribution in [2.75, 3.05) is 13.7 Å². The van der Waals surface area contributed by atoms with E-state index in [2.05, 4.69) is 19.2 Å². The topological polar surface area (TPSA) is 47.6 Å². The van der Waals surface area contributed by atoms with Gasteiger partial charge in [0.25, 0.3) is 5.91 Å². The summed E-state index contributed by atoms with van der Waals surface area (Å²) in [4.78, 5) is 12.6. The van der Waals surface area contributed by atoms with Crippen LogP contribution in [0.5, 0.6) is 11.5 Å². The quantitative estimate of drug-likeness (QED) is 0.812. The summed E-state index contributed by atoms with van der Waals surface area (Å²) in [6.45, 7) is 8.82. The molecular formula is C21H27NO3. The van der Waals surface area contributed by atoms with Crippen molar-refractivity contribution in [2.45, 2.75) is 33.2 Å². The number of ether oxygens (including phenoxy) is 2. The normalized spacial score (nSPS) is 11.3. The van der Waals surface area contributed by atoms with Crippen molar-refractivity contribution in [2.24, 2.45) is 5.92 Å². The van der Waals surface area contributed by atoms with Crippen LogP contribution in [0.3, 0.4) is 0 Å². The molecule has 0 radical (unpaired) electrons. The van der Waals surface area contributed by atoms with Crippen molar-refractivity contribution in [3.8, 4) is 11.5 Å². The van der Waals surface area contributed by atoms with Gasteiger partial charge in [0.15, 0.2) is 0 Å². The van der Waals surface area contributed by atoms with Crippen LogP contribution in [-0.4, -0.2) is 19.6 Å². The summed E-state index contributed by atoms with van der Waals surface area (Å²) in [5.74, 6) is 1.92. The fourth-order valence-electron chi connectivity index (χ4n) is 2.40. The standard InChI is InChI=1S/C21H27NO3/c1-15(2)14-25-19-10-6-16(7-11-19)20(23)22-21(3,4)17-8-12-18(24-5)13-9-17/h6-13,15H,14H2,1-5H3,(H,22,23). The second-order valence-electron chi connectivity index (χ2n) is 7.04. The molecule has 25 heavy (non-hydrogen) atoms. The van der Waals surface area contributed by atoms with E-state index in [9.17, 15) is 4.79 Å². The summed E-state index contributed by atoms with van der Waals surface area (Å²) >= 11 is 0. The van der Waals surface area contributed by atoms with E-state index in [1.165, 1.54) is 0 Å². The minimum absolute atomic E-state index is 0.115. The van der Waals surface area contributed by atoms with Crippen LogP contribution in [0.1, 0.15) is 43.6 Å². The molecule has 0 aliphatic heterocycles. The van der Waals surface area contributed by atoms with E-state index in [0.717, 1.165) is 17.1 Å². The van der Waals surface area contributed by atoms with Crippen molar-refractivity contribution >= 4 is 5.91 Å². The van der Waals surface area contributed by atoms with Crippen LogP contribution < -0.4 is 14.8 Å². The molecule has 0 aliphatic rings. The first-order valence-corrected chi connectivity index (χ1v) is 8.51. The largest absolute Gasteiger partial charge is 0.497 e. The maximum Gasteiger partial charge on any atom is 0.251 e. The van der Waals surface area contributed by atoms with Gasteiger partial charge in [-0.2, -0.15) is 0 Å². The molecule has 0 aromatic heterocycles. The summed E-state index contributed by atoms with van der Waals surface area (Å²) in [7, 11) is 1.64. The molecule has 2 aromatic rings. The third-order valence-corrected chi connectivity index (χ3v) is 3.94. The van der Waals surface area contributed by atoms with Gasteiger partial charge in [-0.15, -0.1) is 0 Å². The molecule has 2 aromatic carbocycles. The van der Waals surface area contributed by atoms with Gasteiger partial charge in [0, 0.05) is 5.56 Å². The van der Waals surface area contributed by atoms with Gasteiger partial charge in [-0.1, -0.05) is 26.0 Å². The Hall–Kier alpha value is -2.49. The lowest BCUT2D eigenvalue weighted by molar-refractivity contribution is 0.0912. The molecule has 0 spiro atoms. The van der Waals surface area contributed by atoms with Gasteiger partial charge >= 0.3 is 0 Å². The number of amides is 1. The molecule has 1 amide bonds. The molecule has 0 aliphatic carbocycles. The molecule has 4 heteroatoms. The Morgan fingerprint density at radius 3 is 2.08 bits per heavy atom. The Morgan fingerprint density at radius 1 is 1.00 bits per heavy atom. The minimum atomic E-state index is -0.490. The zero-order valence-corrected chi connectivity index (χ0v) is 15.6. The van der Waals surface area contributed by atoms with Gasteiger partial charge in [0.2, 0.25) is 0 Å². The second-order valence-corrected chi connectivity index (χ2v) is 7.04. The molecule has 0 fully saturated rings. The number of hydrogen-bond acceptors (Lipinski definition) is 3. The van der Waals surface area contributed by atoms with E-state index in [1.807, 2.05) is 50.2 Å². The van der Waals surface area contributed by atoms with Crippen LogP contribution in [0.15, 0.2) is 48.5 Å². The first kappa shape index (κ1) is 18.8. The van der Waals surface area contributed by atoms with Crippen LogP contribution in [-0.2, 0) is 5.54 Å². The van der Waals surface area contributed by atoms with Gasteiger partial charge in [0.05, 0.1) is 19.3 Å². The monoisotopic (exact) mass is 341 g/mol. The lowest BCUT2D eigenvalue weighted by Crippen LogP contribution is -2.40. The molecule has 4 nitrogen and oxygen atoms in total. The lowest BCUT2D eigenvalue weighted by atomic mass is 9.93. The molecule has 2 rings (SSSR count). The number of nitrogens with one attached hydrogen (secondary N) is 1. The third kappa shape index (κ3) is 5.24. The maximum atomic E-state index is 12.6. The molecule has 0 saturated carbocycles. The summed E-state index contributed by atoms with van der Waals surface area (Å²) in [6.07, 6.45) is 0. The highest BCUT2D eigenvalue weighted by molar-refractivity contribution is 5.94. The fourth-order valence-corrected chi connectivity index (χ4v) is 2.40. The van der Waals surface area contributed by atoms with E-state index < -0.39 is 5.54 Å². The van der Waals surface area contributed by atoms with Crippen LogP contribution in [0.2, 0.25) is 0 Å². The molecule has 134 valence electrons. The van der Waals surface area contributed by atoms with Gasteiger partial charge in [-0.3, -0.25) is 4.79 Å². The molecule has 0 atom stereocenters. The SMILES string of the molecule is COc1ccc(C(C)(C)NC(=O)c2ccc(OCC(C)C)cc2)cc1. The number of benzene rings is 2. The number of rotatable bonds is 7. The summed E-state index contributed by atoms with van der Waals surface area (Å²) in [6, 6.07) is 14.9. The first-order valence-electron chi connectivity index (χ1n) is 8.51. The average molecular weight is 341 g/mol. The van der Waals surface area contributed by atoms with Gasteiger partial charge < -0.3 is 14.8 Å². The first-order chi connectivity index (χ1) is 11.8. The molecular weight excluding hydrogens is 314 g/mol. The van der Waals surface area contributed by atoms with Gasteiger partial charge in [0.1, 0.15) is 11.5 Å². The van der Waals surface area contributed by atoms with Crippen molar-refractivity contribution in [1.82, 2.24) is 5.32 Å². The third-order valence-electron chi connectivity index (χ3n) is 3.94. The van der Waals surface area contributed by atoms with Crippen LogP contribution in [0.4, 0.5) is 0 Å². The van der Waals surface area contributed by atoms with E-state index in [0.29, 0.717) is 18.1 Å². The molecule has 0 heterocycles. The predicted molar refractivity (Wildman–Crippen MR) is 100 cm³/mol. The molecule has 0 unspecified atom stereocenters. The van der Waals surface area contributed by atoms with E-state index in [4.69, 9.17) is 9.47 Å². The number of carbonyl (C=O) groups excluding carboxylic acids is 1. The Balaban J connectivity index is 2.04. The van der Waals surface area contributed by atoms with Gasteiger partial charge in [-0.25, -0.2) is 0 Å². The Kier molecular flexibility index (Phi) is 6.07. The molecule has 1 N–H and O–H groups in total. The molecule has 0 saturated heterocycles.